The smallest absolute Gasteiger partial charge is 0.433 e. The Morgan fingerprint density at radius 1 is 1.17 bits per heavy atom. The molecule has 1 rings (SSSR count). The Morgan fingerprint density at radius 2 is 1.78 bits per heavy atom. The zero-order valence-electron chi connectivity index (χ0n) is 8.43. The number of nitrogen functional groups attached to an aromatic ring is 1. The van der Waals surface area contributed by atoms with E-state index in [1.54, 1.807) is 5.43 Å². The maximum Gasteiger partial charge on any atom is 0.433 e. The van der Waals surface area contributed by atoms with Crippen LogP contribution in [-0.4, -0.2) is 22.8 Å². The molecular formula is C7H6F6N4O. The number of rotatable bonds is 3. The van der Waals surface area contributed by atoms with Crippen LogP contribution in [-0.2, 0) is 6.18 Å². The van der Waals surface area contributed by atoms with Crippen LogP contribution in [0.4, 0.5) is 32.3 Å². The molecule has 0 spiro atoms. The van der Waals surface area contributed by atoms with Crippen LogP contribution in [0.1, 0.15) is 5.69 Å². The van der Waals surface area contributed by atoms with E-state index < -0.39 is 36.5 Å². The van der Waals surface area contributed by atoms with Crippen molar-refractivity contribution in [1.82, 2.24) is 9.97 Å². The lowest BCUT2D eigenvalue weighted by Crippen LogP contribution is -2.21. The number of ether oxygens (including phenoxy) is 1. The van der Waals surface area contributed by atoms with Crippen molar-refractivity contribution in [2.24, 2.45) is 5.84 Å². The van der Waals surface area contributed by atoms with E-state index in [4.69, 9.17) is 5.84 Å². The molecular weight excluding hydrogens is 270 g/mol. The summed E-state index contributed by atoms with van der Waals surface area (Å²) in [6.07, 6.45) is -9.55. The van der Waals surface area contributed by atoms with Gasteiger partial charge in [-0.25, -0.2) is 10.8 Å². The number of nitrogens with zero attached hydrogens (tertiary/aromatic N) is 2. The van der Waals surface area contributed by atoms with Gasteiger partial charge in [-0.05, 0) is 0 Å². The number of aromatic nitrogens is 2. The zero-order chi connectivity index (χ0) is 14.0. The molecule has 0 aromatic carbocycles. The molecule has 0 radical (unpaired) electrons. The van der Waals surface area contributed by atoms with E-state index >= 15 is 0 Å². The third-order valence-electron chi connectivity index (χ3n) is 1.51. The summed E-state index contributed by atoms with van der Waals surface area (Å²) in [5.41, 5.74) is 0.224. The number of nitrogens with two attached hydrogens (primary N) is 1. The molecule has 5 nitrogen and oxygen atoms in total. The fourth-order valence-corrected chi connectivity index (χ4v) is 0.864. The molecule has 0 amide bonds. The van der Waals surface area contributed by atoms with Crippen LogP contribution in [0.3, 0.4) is 0 Å². The van der Waals surface area contributed by atoms with Crippen molar-refractivity contribution in [3.8, 4) is 5.88 Å². The number of hydrazine groups is 1. The molecule has 0 bridgehead atoms. The summed E-state index contributed by atoms with van der Waals surface area (Å²) < 4.78 is 76.5. The lowest BCUT2D eigenvalue weighted by Gasteiger charge is -2.11. The fraction of sp³-hybridized carbons (Fsp3) is 0.429. The number of nitrogens with one attached hydrogen (secondary N) is 1. The van der Waals surface area contributed by atoms with Gasteiger partial charge in [0.15, 0.2) is 12.3 Å². The van der Waals surface area contributed by atoms with E-state index in [2.05, 4.69) is 14.7 Å². The lowest BCUT2D eigenvalue weighted by atomic mass is 10.4. The molecule has 0 saturated carbocycles. The predicted octanol–water partition coefficient (Wildman–Crippen LogP) is 1.72. The molecule has 11 heteroatoms. The number of hydrogen-bond donors (Lipinski definition) is 2. The highest BCUT2D eigenvalue weighted by atomic mass is 19.4. The highest BCUT2D eigenvalue weighted by Crippen LogP contribution is 2.30. The summed E-state index contributed by atoms with van der Waals surface area (Å²) in [5, 5.41) is 0. The van der Waals surface area contributed by atoms with Crippen LogP contribution in [0.15, 0.2) is 6.07 Å². The zero-order valence-corrected chi connectivity index (χ0v) is 8.43. The average Bonchev–Trinajstić information content (AvgIpc) is 2.24. The number of anilines is 1. The normalized spacial score (nSPS) is 12.4. The minimum absolute atomic E-state index is 0.243. The first-order chi connectivity index (χ1) is 8.12. The van der Waals surface area contributed by atoms with Crippen LogP contribution in [0.5, 0.6) is 5.88 Å². The molecule has 0 aliphatic rings. The summed E-state index contributed by atoms with van der Waals surface area (Å²) in [6, 6.07) is 0.243. The Bertz CT molecular complexity index is 417. The second kappa shape index (κ2) is 4.84. The summed E-state index contributed by atoms with van der Waals surface area (Å²) in [4.78, 5) is 6.13. The van der Waals surface area contributed by atoms with Gasteiger partial charge in [-0.2, -0.15) is 31.3 Å². The molecule has 0 aliphatic heterocycles. The van der Waals surface area contributed by atoms with Crippen molar-refractivity contribution in [2.45, 2.75) is 12.4 Å². The van der Waals surface area contributed by atoms with Crippen molar-refractivity contribution >= 4 is 5.95 Å². The van der Waals surface area contributed by atoms with Gasteiger partial charge >= 0.3 is 12.4 Å². The van der Waals surface area contributed by atoms with Gasteiger partial charge in [0.1, 0.15) is 0 Å². The summed E-state index contributed by atoms with van der Waals surface area (Å²) in [7, 11) is 0. The second-order valence-electron chi connectivity index (χ2n) is 2.96. The van der Waals surface area contributed by atoms with Crippen LogP contribution in [0.25, 0.3) is 0 Å². The maximum atomic E-state index is 12.3. The van der Waals surface area contributed by atoms with E-state index in [0.717, 1.165) is 0 Å². The van der Waals surface area contributed by atoms with E-state index in [0.29, 0.717) is 0 Å². The van der Waals surface area contributed by atoms with Crippen molar-refractivity contribution in [1.29, 1.82) is 0 Å². The molecule has 1 aromatic rings. The van der Waals surface area contributed by atoms with Gasteiger partial charge in [0.2, 0.25) is 11.8 Å². The van der Waals surface area contributed by atoms with Crippen LogP contribution < -0.4 is 16.0 Å². The number of halogens is 6. The molecule has 0 fully saturated rings. The van der Waals surface area contributed by atoms with Crippen LogP contribution >= 0.6 is 0 Å². The minimum atomic E-state index is -4.86. The van der Waals surface area contributed by atoms with E-state index in [9.17, 15) is 26.3 Å². The van der Waals surface area contributed by atoms with E-state index in [1.165, 1.54) is 0 Å². The SMILES string of the molecule is NNc1nc(OCC(F)(F)F)cc(C(F)(F)F)n1. The number of hydrogen-bond acceptors (Lipinski definition) is 5. The maximum absolute atomic E-state index is 12.3. The third-order valence-corrected chi connectivity index (χ3v) is 1.51. The first-order valence-corrected chi connectivity index (χ1v) is 4.24. The van der Waals surface area contributed by atoms with Crippen molar-refractivity contribution in [3.63, 3.8) is 0 Å². The third kappa shape index (κ3) is 4.24. The molecule has 1 heterocycles. The van der Waals surface area contributed by atoms with Gasteiger partial charge in [0.25, 0.3) is 0 Å². The molecule has 102 valence electrons. The first-order valence-electron chi connectivity index (χ1n) is 4.24. The highest BCUT2D eigenvalue weighted by molar-refractivity contribution is 5.30. The molecule has 0 saturated heterocycles. The fourth-order valence-electron chi connectivity index (χ4n) is 0.864. The Balaban J connectivity index is 2.98. The molecule has 0 aliphatic carbocycles. The van der Waals surface area contributed by atoms with E-state index in [-0.39, 0.29) is 6.07 Å². The topological polar surface area (TPSA) is 73.1 Å². The molecule has 0 atom stereocenters. The van der Waals surface area contributed by atoms with Gasteiger partial charge < -0.3 is 4.74 Å². The van der Waals surface area contributed by atoms with Gasteiger partial charge in [0, 0.05) is 6.07 Å². The Kier molecular flexibility index (Phi) is 3.84. The second-order valence-corrected chi connectivity index (χ2v) is 2.96. The van der Waals surface area contributed by atoms with E-state index in [1.807, 2.05) is 0 Å². The Hall–Kier alpha value is -1.78. The lowest BCUT2D eigenvalue weighted by molar-refractivity contribution is -0.154. The van der Waals surface area contributed by atoms with Gasteiger partial charge in [0.05, 0.1) is 0 Å². The van der Waals surface area contributed by atoms with Gasteiger partial charge in [-0.1, -0.05) is 0 Å². The van der Waals surface area contributed by atoms with Crippen molar-refractivity contribution in [2.75, 3.05) is 12.0 Å². The molecule has 0 unspecified atom stereocenters. The van der Waals surface area contributed by atoms with Crippen LogP contribution in [0.2, 0.25) is 0 Å². The monoisotopic (exact) mass is 276 g/mol. The number of alkyl halides is 6. The molecule has 3 N–H and O–H groups in total. The van der Waals surface area contributed by atoms with Gasteiger partial charge in [-0.15, -0.1) is 0 Å². The van der Waals surface area contributed by atoms with Crippen LogP contribution in [0, 0.1) is 0 Å². The standard InChI is InChI=1S/C7H6F6N4O/c8-6(9,10)2-18-4-1-3(7(11,12)13)15-5(16-4)17-14/h1H,2,14H2,(H,15,16,17). The molecule has 18 heavy (non-hydrogen) atoms. The highest BCUT2D eigenvalue weighted by Gasteiger charge is 2.35. The summed E-state index contributed by atoms with van der Waals surface area (Å²) in [6.45, 7) is -1.77. The largest absolute Gasteiger partial charge is 0.468 e. The van der Waals surface area contributed by atoms with Crippen molar-refractivity contribution < 1.29 is 31.1 Å². The summed E-state index contributed by atoms with van der Waals surface area (Å²) in [5.74, 6) is 3.20. The summed E-state index contributed by atoms with van der Waals surface area (Å²) >= 11 is 0. The van der Waals surface area contributed by atoms with Gasteiger partial charge in [-0.3, -0.25) is 5.43 Å². The first kappa shape index (κ1) is 14.3. The quantitative estimate of drug-likeness (QED) is 0.499. The average molecular weight is 276 g/mol. The molecule has 1 aromatic heterocycles. The Morgan fingerprint density at radius 3 is 2.22 bits per heavy atom. The Labute approximate surface area is 95.9 Å². The minimum Gasteiger partial charge on any atom is -0.468 e. The predicted molar refractivity (Wildman–Crippen MR) is 46.4 cm³/mol. The van der Waals surface area contributed by atoms with Crippen molar-refractivity contribution in [3.05, 3.63) is 11.8 Å².